The Kier molecular flexibility index (Phi) is 8.51. The van der Waals surface area contributed by atoms with Crippen molar-refractivity contribution in [1.29, 1.82) is 0 Å². The van der Waals surface area contributed by atoms with Gasteiger partial charge >= 0.3 is 6.03 Å². The molecule has 0 radical (unpaired) electrons. The fraction of sp³-hybridized carbons (Fsp3) is 0.565. The molecule has 8 heteroatoms. The van der Waals surface area contributed by atoms with Crippen LogP contribution in [0.25, 0.3) is 0 Å². The molecule has 0 saturated carbocycles. The first-order valence-corrected chi connectivity index (χ1v) is 12.1. The van der Waals surface area contributed by atoms with Crippen molar-refractivity contribution in [2.75, 3.05) is 19.3 Å². The van der Waals surface area contributed by atoms with E-state index in [0.29, 0.717) is 17.3 Å². The lowest BCUT2D eigenvalue weighted by molar-refractivity contribution is -0.127. The number of urea groups is 1. The number of thioether (sulfide) groups is 1. The molecule has 2 aliphatic rings. The van der Waals surface area contributed by atoms with Crippen LogP contribution in [-0.2, 0) is 4.79 Å². The average Bonchev–Trinajstić information content (AvgIpc) is 3.15. The number of likely N-dealkylation sites (N-methyl/N-ethyl adjacent to an activating group) is 1. The van der Waals surface area contributed by atoms with E-state index in [1.807, 2.05) is 23.1 Å². The van der Waals surface area contributed by atoms with Gasteiger partial charge in [-0.25, -0.2) is 9.79 Å². The predicted molar refractivity (Wildman–Crippen MR) is 124 cm³/mol. The lowest BCUT2D eigenvalue weighted by atomic mass is 10.1. The Bertz CT molecular complexity index is 814. The number of hydrogen-bond acceptors (Lipinski definition) is 6. The number of imide groups is 1. The smallest absolute Gasteiger partial charge is 0.325 e. The molecule has 0 aromatic heterocycles. The monoisotopic (exact) mass is 444 g/mol. The van der Waals surface area contributed by atoms with Crippen LogP contribution in [-0.4, -0.2) is 64.2 Å². The lowest BCUT2D eigenvalue weighted by Crippen LogP contribution is -2.63. The maximum atomic E-state index is 12.6. The number of benzene rings is 1. The predicted octanol–water partition coefficient (Wildman–Crippen LogP) is 3.90. The maximum Gasteiger partial charge on any atom is 0.325 e. The van der Waals surface area contributed by atoms with Gasteiger partial charge in [0.2, 0.25) is 0 Å². The van der Waals surface area contributed by atoms with Crippen LogP contribution in [0.15, 0.2) is 35.3 Å². The molecule has 1 N–H and O–H groups in total. The topological polar surface area (TPSA) is 82.1 Å². The van der Waals surface area contributed by atoms with Crippen LogP contribution in [0.2, 0.25) is 0 Å². The second-order valence-electron chi connectivity index (χ2n) is 8.07. The number of aliphatic imine (C=N–C) groups is 1. The molecular weight excluding hydrogens is 412 g/mol. The Balaban J connectivity index is 1.63. The third-order valence-corrected chi connectivity index (χ3v) is 6.76. The molecule has 1 fully saturated rings. The minimum absolute atomic E-state index is 0.0212. The van der Waals surface area contributed by atoms with E-state index in [-0.39, 0.29) is 17.4 Å². The minimum atomic E-state index is -0.542. The average molecular weight is 445 g/mol. The van der Waals surface area contributed by atoms with Crippen molar-refractivity contribution in [3.63, 3.8) is 0 Å². The Labute approximate surface area is 188 Å². The summed E-state index contributed by atoms with van der Waals surface area (Å²) in [5.41, 5.74) is 0.662. The van der Waals surface area contributed by atoms with Gasteiger partial charge in [-0.1, -0.05) is 87.5 Å². The van der Waals surface area contributed by atoms with E-state index in [2.05, 4.69) is 17.2 Å². The van der Waals surface area contributed by atoms with E-state index in [1.54, 1.807) is 19.2 Å². The first kappa shape index (κ1) is 23.3. The van der Waals surface area contributed by atoms with Gasteiger partial charge in [-0.05, 0) is 6.42 Å². The van der Waals surface area contributed by atoms with Crippen molar-refractivity contribution in [1.82, 2.24) is 15.1 Å². The molecule has 0 spiro atoms. The maximum absolute atomic E-state index is 12.6. The van der Waals surface area contributed by atoms with Crippen LogP contribution in [0, 0.1) is 0 Å². The van der Waals surface area contributed by atoms with E-state index < -0.39 is 18.2 Å². The number of carbonyl (C=O) groups excluding carboxylic acids is 3. The highest BCUT2D eigenvalue weighted by molar-refractivity contribution is 8.14. The van der Waals surface area contributed by atoms with Crippen LogP contribution >= 0.6 is 11.8 Å². The number of fused-ring (bicyclic) bond motifs is 1. The number of nitrogens with one attached hydrogen (secondary N) is 1. The molecular formula is C23H32N4O3S. The number of carbonyl (C=O) groups is 3. The second kappa shape index (κ2) is 11.3. The number of Topliss-reactive ketones (excluding diaryl/α,β-unsaturated/α-hetero) is 1. The Morgan fingerprint density at radius 2 is 1.74 bits per heavy atom. The van der Waals surface area contributed by atoms with Gasteiger partial charge in [0.25, 0.3) is 5.91 Å². The van der Waals surface area contributed by atoms with E-state index in [4.69, 9.17) is 0 Å². The molecule has 3 amide bonds. The number of ketones is 1. The summed E-state index contributed by atoms with van der Waals surface area (Å²) in [5.74, 6) is -0.0487. The van der Waals surface area contributed by atoms with Crippen molar-refractivity contribution in [2.24, 2.45) is 4.99 Å². The first-order valence-electron chi connectivity index (χ1n) is 11.2. The number of unbranched alkanes of at least 4 members (excludes halogenated alkanes) is 6. The molecule has 3 rings (SSSR count). The van der Waals surface area contributed by atoms with Gasteiger partial charge in [0.15, 0.2) is 23.2 Å². The van der Waals surface area contributed by atoms with Crippen molar-refractivity contribution in [3.8, 4) is 0 Å². The van der Waals surface area contributed by atoms with Crippen LogP contribution < -0.4 is 5.32 Å². The SMILES string of the molecule is CCCCCCCCCN1C(SCC(=O)c2ccccc2)=NC2C1C(=O)NC(=O)N2C. The van der Waals surface area contributed by atoms with Crippen LogP contribution in [0.3, 0.4) is 0 Å². The van der Waals surface area contributed by atoms with E-state index >= 15 is 0 Å². The molecule has 168 valence electrons. The molecule has 2 heterocycles. The fourth-order valence-electron chi connectivity index (χ4n) is 3.93. The summed E-state index contributed by atoms with van der Waals surface area (Å²) in [6.07, 6.45) is 7.69. The van der Waals surface area contributed by atoms with Crippen LogP contribution in [0.1, 0.15) is 62.2 Å². The highest BCUT2D eigenvalue weighted by Gasteiger charge is 2.48. The summed E-state index contributed by atoms with van der Waals surface area (Å²) >= 11 is 1.35. The molecule has 1 aromatic carbocycles. The number of amides is 3. The van der Waals surface area contributed by atoms with Crippen LogP contribution in [0.5, 0.6) is 0 Å². The standard InChI is InChI=1S/C23H32N4O3S/c1-3-4-5-6-7-8-12-15-27-19-20(26(2)22(30)25-21(19)29)24-23(27)31-16-18(28)17-13-10-9-11-14-17/h9-11,13-14,19-20H,3-8,12,15-16H2,1-2H3,(H,25,29,30). The summed E-state index contributed by atoms with van der Waals surface area (Å²) in [6, 6.07) is 8.21. The van der Waals surface area contributed by atoms with Gasteiger partial charge in [0.05, 0.1) is 5.75 Å². The van der Waals surface area contributed by atoms with Crippen LogP contribution in [0.4, 0.5) is 4.79 Å². The van der Waals surface area contributed by atoms with Crippen molar-refractivity contribution in [2.45, 2.75) is 64.1 Å². The van der Waals surface area contributed by atoms with Crippen molar-refractivity contribution >= 4 is 34.7 Å². The molecule has 1 saturated heterocycles. The molecule has 2 atom stereocenters. The minimum Gasteiger partial charge on any atom is -0.336 e. The molecule has 1 aromatic rings. The lowest BCUT2D eigenvalue weighted by Gasteiger charge is -2.36. The van der Waals surface area contributed by atoms with Gasteiger partial charge in [-0.2, -0.15) is 0 Å². The summed E-state index contributed by atoms with van der Waals surface area (Å²) in [6.45, 7) is 2.90. The molecule has 0 bridgehead atoms. The van der Waals surface area contributed by atoms with Gasteiger partial charge in [-0.15, -0.1) is 0 Å². The summed E-state index contributed by atoms with van der Waals surface area (Å²) in [4.78, 5) is 45.3. The third kappa shape index (κ3) is 5.87. The molecule has 7 nitrogen and oxygen atoms in total. The molecule has 0 aliphatic carbocycles. The van der Waals surface area contributed by atoms with Crippen molar-refractivity contribution in [3.05, 3.63) is 35.9 Å². The van der Waals surface area contributed by atoms with Gasteiger partial charge in [0, 0.05) is 19.2 Å². The Morgan fingerprint density at radius 1 is 1.06 bits per heavy atom. The highest BCUT2D eigenvalue weighted by atomic mass is 32.2. The number of nitrogens with zero attached hydrogens (tertiary/aromatic N) is 3. The zero-order valence-corrected chi connectivity index (χ0v) is 19.2. The van der Waals surface area contributed by atoms with E-state index in [0.717, 1.165) is 12.8 Å². The zero-order valence-electron chi connectivity index (χ0n) is 18.4. The third-order valence-electron chi connectivity index (χ3n) is 5.75. The quantitative estimate of drug-likeness (QED) is 0.413. The Hall–Kier alpha value is -2.35. The zero-order chi connectivity index (χ0) is 22.2. The first-order chi connectivity index (χ1) is 15.0. The highest BCUT2D eigenvalue weighted by Crippen LogP contribution is 2.29. The summed E-state index contributed by atoms with van der Waals surface area (Å²) in [7, 11) is 1.65. The summed E-state index contributed by atoms with van der Waals surface area (Å²) < 4.78 is 0. The number of hydrogen-bond donors (Lipinski definition) is 1. The largest absolute Gasteiger partial charge is 0.336 e. The fourth-order valence-corrected chi connectivity index (χ4v) is 4.91. The molecule has 2 unspecified atom stereocenters. The molecule has 31 heavy (non-hydrogen) atoms. The molecule has 2 aliphatic heterocycles. The number of rotatable bonds is 11. The normalized spacial score (nSPS) is 20.5. The van der Waals surface area contributed by atoms with Gasteiger partial charge in [0.1, 0.15) is 0 Å². The van der Waals surface area contributed by atoms with E-state index in [9.17, 15) is 14.4 Å². The van der Waals surface area contributed by atoms with Gasteiger partial charge < -0.3 is 9.80 Å². The van der Waals surface area contributed by atoms with E-state index in [1.165, 1.54) is 48.8 Å². The van der Waals surface area contributed by atoms with Gasteiger partial charge in [-0.3, -0.25) is 14.9 Å². The Morgan fingerprint density at radius 3 is 2.45 bits per heavy atom. The second-order valence-corrected chi connectivity index (χ2v) is 9.01. The summed E-state index contributed by atoms with van der Waals surface area (Å²) in [5, 5.41) is 3.09. The number of amidine groups is 1. The van der Waals surface area contributed by atoms with Crippen molar-refractivity contribution < 1.29 is 14.4 Å².